The molecule has 2 unspecified atom stereocenters. The third-order valence-corrected chi connectivity index (χ3v) is 4.55. The highest BCUT2D eigenvalue weighted by atomic mass is 16.5. The highest BCUT2D eigenvalue weighted by Crippen LogP contribution is 2.11. The van der Waals surface area contributed by atoms with E-state index in [-0.39, 0.29) is 23.5 Å². The van der Waals surface area contributed by atoms with Crippen LogP contribution in [0.25, 0.3) is 11.2 Å². The molecular weight excluding hydrogens is 310 g/mol. The Hall–Kier alpha value is -1.93. The fraction of sp³-hybridized carbons (Fsp3) is 0.688. The topological polar surface area (TPSA) is 74.3 Å². The van der Waals surface area contributed by atoms with Crippen molar-refractivity contribution in [2.75, 3.05) is 19.6 Å². The van der Waals surface area contributed by atoms with Crippen molar-refractivity contribution in [3.05, 3.63) is 27.2 Å². The van der Waals surface area contributed by atoms with Crippen LogP contribution < -0.4 is 11.2 Å². The van der Waals surface area contributed by atoms with Crippen molar-refractivity contribution in [2.45, 2.75) is 39.0 Å². The van der Waals surface area contributed by atoms with Gasteiger partial charge >= 0.3 is 5.69 Å². The molecule has 0 bridgehead atoms. The van der Waals surface area contributed by atoms with Crippen LogP contribution in [0.4, 0.5) is 0 Å². The molecule has 1 saturated heterocycles. The monoisotopic (exact) mass is 335 g/mol. The lowest BCUT2D eigenvalue weighted by Crippen LogP contribution is -2.46. The molecule has 132 valence electrons. The molecule has 0 saturated carbocycles. The summed E-state index contributed by atoms with van der Waals surface area (Å²) >= 11 is 0. The van der Waals surface area contributed by atoms with Gasteiger partial charge in [0.05, 0.1) is 18.5 Å². The number of aryl methyl sites for hydroxylation is 2. The number of fused-ring (bicyclic) bond motifs is 1. The fourth-order valence-electron chi connectivity index (χ4n) is 3.51. The zero-order chi connectivity index (χ0) is 17.4. The number of ether oxygens (including phenoxy) is 1. The van der Waals surface area contributed by atoms with Gasteiger partial charge in [-0.2, -0.15) is 0 Å². The molecular formula is C16H25N5O3. The largest absolute Gasteiger partial charge is 0.373 e. The minimum absolute atomic E-state index is 0.218. The van der Waals surface area contributed by atoms with Crippen LogP contribution >= 0.6 is 0 Å². The van der Waals surface area contributed by atoms with Crippen LogP contribution in [0, 0.1) is 0 Å². The maximum Gasteiger partial charge on any atom is 0.332 e. The molecule has 24 heavy (non-hydrogen) atoms. The molecule has 0 spiro atoms. The lowest BCUT2D eigenvalue weighted by atomic mass is 10.2. The van der Waals surface area contributed by atoms with E-state index >= 15 is 0 Å². The number of hydrogen-bond donors (Lipinski definition) is 0. The van der Waals surface area contributed by atoms with Gasteiger partial charge in [0.15, 0.2) is 11.2 Å². The second-order valence-corrected chi connectivity index (χ2v) is 6.70. The maximum atomic E-state index is 12.6. The van der Waals surface area contributed by atoms with Crippen LogP contribution in [0.2, 0.25) is 0 Å². The molecule has 8 nitrogen and oxygen atoms in total. The zero-order valence-electron chi connectivity index (χ0n) is 14.7. The van der Waals surface area contributed by atoms with Gasteiger partial charge in [0.25, 0.3) is 5.56 Å². The van der Waals surface area contributed by atoms with Gasteiger partial charge < -0.3 is 9.30 Å². The molecule has 2 atom stereocenters. The summed E-state index contributed by atoms with van der Waals surface area (Å²) in [5.74, 6) is 0. The predicted molar refractivity (Wildman–Crippen MR) is 91.3 cm³/mol. The van der Waals surface area contributed by atoms with Gasteiger partial charge in [0, 0.05) is 40.3 Å². The minimum atomic E-state index is -0.310. The SMILES string of the molecule is CC1CN(CCCn2c(=O)c3c(ncn3C)n(C)c2=O)CC(C)O1. The molecule has 0 aliphatic carbocycles. The molecule has 1 fully saturated rings. The van der Waals surface area contributed by atoms with Crippen LogP contribution in [-0.2, 0) is 25.4 Å². The number of morpholine rings is 1. The molecule has 0 radical (unpaired) electrons. The molecule has 0 N–H and O–H groups in total. The Morgan fingerprint density at radius 2 is 1.83 bits per heavy atom. The molecule has 1 aliphatic heterocycles. The lowest BCUT2D eigenvalue weighted by molar-refractivity contribution is -0.0682. The first-order valence-corrected chi connectivity index (χ1v) is 8.37. The Morgan fingerprint density at radius 1 is 1.17 bits per heavy atom. The van der Waals surface area contributed by atoms with Crippen molar-refractivity contribution in [3.63, 3.8) is 0 Å². The van der Waals surface area contributed by atoms with Crippen LogP contribution in [0.1, 0.15) is 20.3 Å². The molecule has 3 heterocycles. The van der Waals surface area contributed by atoms with E-state index in [9.17, 15) is 9.59 Å². The first kappa shape index (κ1) is 16.9. The zero-order valence-corrected chi connectivity index (χ0v) is 14.7. The van der Waals surface area contributed by atoms with Crippen LogP contribution in [0.3, 0.4) is 0 Å². The van der Waals surface area contributed by atoms with Crippen LogP contribution in [0.5, 0.6) is 0 Å². The summed E-state index contributed by atoms with van der Waals surface area (Å²) in [7, 11) is 3.42. The van der Waals surface area contributed by atoms with Gasteiger partial charge in [0.1, 0.15) is 0 Å². The van der Waals surface area contributed by atoms with Crippen molar-refractivity contribution in [2.24, 2.45) is 14.1 Å². The quantitative estimate of drug-likeness (QED) is 0.782. The molecule has 3 rings (SSSR count). The molecule has 0 aromatic carbocycles. The van der Waals surface area contributed by atoms with E-state index in [4.69, 9.17) is 4.74 Å². The van der Waals surface area contributed by atoms with Gasteiger partial charge in [-0.25, -0.2) is 9.78 Å². The first-order chi connectivity index (χ1) is 11.4. The highest BCUT2D eigenvalue weighted by molar-refractivity contribution is 5.69. The van der Waals surface area contributed by atoms with Crippen molar-refractivity contribution in [1.82, 2.24) is 23.6 Å². The van der Waals surface area contributed by atoms with Gasteiger partial charge in [0.2, 0.25) is 0 Å². The van der Waals surface area contributed by atoms with E-state index in [0.717, 1.165) is 26.1 Å². The lowest BCUT2D eigenvalue weighted by Gasteiger charge is -2.35. The van der Waals surface area contributed by atoms with Crippen molar-refractivity contribution in [1.29, 1.82) is 0 Å². The van der Waals surface area contributed by atoms with E-state index < -0.39 is 0 Å². The molecule has 2 aromatic rings. The first-order valence-electron chi connectivity index (χ1n) is 8.37. The normalized spacial score (nSPS) is 22.3. The van der Waals surface area contributed by atoms with Crippen molar-refractivity contribution >= 4 is 11.2 Å². The summed E-state index contributed by atoms with van der Waals surface area (Å²) in [5.41, 5.74) is 0.317. The summed E-state index contributed by atoms with van der Waals surface area (Å²) < 4.78 is 10.2. The fourth-order valence-corrected chi connectivity index (χ4v) is 3.51. The average Bonchev–Trinajstić information content (AvgIpc) is 2.89. The van der Waals surface area contributed by atoms with Gasteiger partial charge in [-0.3, -0.25) is 18.8 Å². The molecule has 2 aromatic heterocycles. The summed E-state index contributed by atoms with van der Waals surface area (Å²) in [6.07, 6.45) is 2.75. The van der Waals surface area contributed by atoms with E-state index in [2.05, 4.69) is 23.7 Å². The van der Waals surface area contributed by atoms with Crippen molar-refractivity contribution < 1.29 is 4.74 Å². The number of nitrogens with zero attached hydrogens (tertiary/aromatic N) is 5. The average molecular weight is 335 g/mol. The summed E-state index contributed by atoms with van der Waals surface area (Å²) in [6, 6.07) is 0. The third-order valence-electron chi connectivity index (χ3n) is 4.55. The van der Waals surface area contributed by atoms with E-state index in [1.165, 1.54) is 9.13 Å². The van der Waals surface area contributed by atoms with Crippen LogP contribution in [-0.4, -0.2) is 55.4 Å². The minimum Gasteiger partial charge on any atom is -0.373 e. The Morgan fingerprint density at radius 3 is 2.50 bits per heavy atom. The van der Waals surface area contributed by atoms with Crippen LogP contribution in [0.15, 0.2) is 15.9 Å². The van der Waals surface area contributed by atoms with Crippen molar-refractivity contribution in [3.8, 4) is 0 Å². The predicted octanol–water partition coefficient (Wildman–Crippen LogP) is -0.0670. The third kappa shape index (κ3) is 3.03. The number of imidazole rings is 1. The van der Waals surface area contributed by atoms with E-state index in [1.807, 2.05) is 0 Å². The number of hydrogen-bond acceptors (Lipinski definition) is 5. The van der Waals surface area contributed by atoms with Gasteiger partial charge in [-0.1, -0.05) is 0 Å². The summed E-state index contributed by atoms with van der Waals surface area (Å²) in [4.78, 5) is 31.5. The smallest absolute Gasteiger partial charge is 0.332 e. The Bertz CT molecular complexity index is 840. The number of aromatic nitrogens is 4. The van der Waals surface area contributed by atoms with Gasteiger partial charge in [-0.05, 0) is 20.3 Å². The molecule has 1 aliphatic rings. The molecule has 8 heteroatoms. The maximum absolute atomic E-state index is 12.6. The number of rotatable bonds is 4. The molecule has 0 amide bonds. The Kier molecular flexibility index (Phi) is 4.60. The second kappa shape index (κ2) is 6.52. The van der Waals surface area contributed by atoms with E-state index in [0.29, 0.717) is 17.7 Å². The Labute approximate surface area is 140 Å². The second-order valence-electron chi connectivity index (χ2n) is 6.70. The summed E-state index contributed by atoms with van der Waals surface area (Å²) in [5, 5.41) is 0. The standard InChI is InChI=1S/C16H25N5O3/c1-11-8-20(9-12(2)24-11)6-5-7-21-15(22)13-14(17-10-18(13)3)19(4)16(21)23/h10-12H,5-9H2,1-4H3. The highest BCUT2D eigenvalue weighted by Gasteiger charge is 2.22. The van der Waals surface area contributed by atoms with Gasteiger partial charge in [-0.15, -0.1) is 0 Å². The van der Waals surface area contributed by atoms with E-state index in [1.54, 1.807) is 25.0 Å². The Balaban J connectivity index is 1.77. The summed E-state index contributed by atoms with van der Waals surface area (Å²) in [6.45, 7) is 7.16.